The first kappa shape index (κ1) is 21.6. The second-order valence-electron chi connectivity index (χ2n) is 8.31. The summed E-state index contributed by atoms with van der Waals surface area (Å²) < 4.78 is 0. The van der Waals surface area contributed by atoms with Gasteiger partial charge in [-0.25, -0.2) is 0 Å². The maximum atomic E-state index is 11.5. The number of hydrogen-bond acceptors (Lipinski definition) is 3. The molecular formula is C23H37N5O. The van der Waals surface area contributed by atoms with Crippen LogP contribution < -0.4 is 5.32 Å². The summed E-state index contributed by atoms with van der Waals surface area (Å²) in [6.45, 7) is 14.5. The van der Waals surface area contributed by atoms with Crippen molar-refractivity contribution in [3.8, 4) is 0 Å². The number of aliphatic imine (C=N–C) groups is 1. The third kappa shape index (κ3) is 5.95. The topological polar surface area (TPSA) is 51.2 Å². The average Bonchev–Trinajstić information content (AvgIpc) is 2.74. The Kier molecular flexibility index (Phi) is 7.92. The smallest absolute Gasteiger partial charge is 0.219 e. The van der Waals surface area contributed by atoms with Crippen LogP contribution in [-0.2, 0) is 4.79 Å². The standard InChI is InChI=1S/C23H37N5O/c1-4-24-23(25-11-13-26-14-16-27(17-15-26)20(3)29)28-12-10-22(19(2)18-28)21-8-6-5-7-9-21/h5-9,19,22H,4,10-18H2,1-3H3,(H,24,25). The number of nitrogens with one attached hydrogen (secondary N) is 1. The first-order chi connectivity index (χ1) is 14.1. The van der Waals surface area contributed by atoms with Gasteiger partial charge in [0.1, 0.15) is 0 Å². The van der Waals surface area contributed by atoms with Crippen molar-refractivity contribution in [2.75, 3.05) is 58.9 Å². The van der Waals surface area contributed by atoms with Crippen LogP contribution >= 0.6 is 0 Å². The Hall–Kier alpha value is -2.08. The van der Waals surface area contributed by atoms with Gasteiger partial charge >= 0.3 is 0 Å². The summed E-state index contributed by atoms with van der Waals surface area (Å²) in [5.41, 5.74) is 1.46. The molecule has 0 bridgehead atoms. The lowest BCUT2D eigenvalue weighted by Gasteiger charge is -2.39. The molecule has 6 nitrogen and oxygen atoms in total. The normalized spacial score (nSPS) is 23.9. The Labute approximate surface area is 176 Å². The van der Waals surface area contributed by atoms with E-state index in [1.165, 1.54) is 12.0 Å². The van der Waals surface area contributed by atoms with E-state index in [2.05, 4.69) is 59.3 Å². The molecule has 0 spiro atoms. The van der Waals surface area contributed by atoms with Gasteiger partial charge in [0.25, 0.3) is 0 Å². The molecule has 160 valence electrons. The monoisotopic (exact) mass is 399 g/mol. The predicted molar refractivity (Wildman–Crippen MR) is 119 cm³/mol. The molecule has 3 rings (SSSR count). The van der Waals surface area contributed by atoms with Crippen molar-refractivity contribution in [2.45, 2.75) is 33.1 Å². The highest BCUT2D eigenvalue weighted by atomic mass is 16.2. The van der Waals surface area contributed by atoms with Crippen molar-refractivity contribution < 1.29 is 4.79 Å². The number of likely N-dealkylation sites (tertiary alicyclic amines) is 1. The van der Waals surface area contributed by atoms with Gasteiger partial charge in [-0.15, -0.1) is 0 Å². The SMILES string of the molecule is CCNC(=NCCN1CCN(C(C)=O)CC1)N1CCC(c2ccccc2)C(C)C1. The van der Waals surface area contributed by atoms with Gasteiger partial charge in [-0.3, -0.25) is 14.7 Å². The summed E-state index contributed by atoms with van der Waals surface area (Å²) in [6.07, 6.45) is 1.17. The van der Waals surface area contributed by atoms with E-state index in [-0.39, 0.29) is 5.91 Å². The molecule has 2 unspecified atom stereocenters. The first-order valence-electron chi connectivity index (χ1n) is 11.1. The fourth-order valence-corrected chi connectivity index (χ4v) is 4.54. The summed E-state index contributed by atoms with van der Waals surface area (Å²) >= 11 is 0. The number of piperidine rings is 1. The molecule has 1 amide bonds. The van der Waals surface area contributed by atoms with Crippen LogP contribution in [-0.4, -0.2) is 85.5 Å². The highest BCUT2D eigenvalue weighted by Crippen LogP contribution is 2.32. The Morgan fingerprint density at radius 2 is 1.83 bits per heavy atom. The number of guanidine groups is 1. The third-order valence-corrected chi connectivity index (χ3v) is 6.26. The molecule has 0 aromatic heterocycles. The van der Waals surface area contributed by atoms with Gasteiger partial charge in [0.15, 0.2) is 5.96 Å². The first-order valence-corrected chi connectivity index (χ1v) is 11.1. The molecule has 6 heteroatoms. The maximum absolute atomic E-state index is 11.5. The summed E-state index contributed by atoms with van der Waals surface area (Å²) in [6, 6.07) is 10.9. The molecule has 0 radical (unpaired) electrons. The maximum Gasteiger partial charge on any atom is 0.219 e. The number of amides is 1. The van der Waals surface area contributed by atoms with E-state index in [9.17, 15) is 4.79 Å². The second kappa shape index (κ2) is 10.6. The minimum absolute atomic E-state index is 0.185. The van der Waals surface area contributed by atoms with E-state index in [1.54, 1.807) is 6.92 Å². The highest BCUT2D eigenvalue weighted by molar-refractivity contribution is 5.80. The Bertz CT molecular complexity index is 669. The Balaban J connectivity index is 1.51. The number of rotatable bonds is 5. The fraction of sp³-hybridized carbons (Fsp3) is 0.652. The van der Waals surface area contributed by atoms with Crippen LogP contribution in [0.4, 0.5) is 0 Å². The lowest BCUT2D eigenvalue weighted by molar-refractivity contribution is -0.130. The molecule has 1 aromatic carbocycles. The third-order valence-electron chi connectivity index (χ3n) is 6.26. The van der Waals surface area contributed by atoms with Crippen LogP contribution in [0.1, 0.15) is 38.7 Å². The zero-order valence-corrected chi connectivity index (χ0v) is 18.3. The van der Waals surface area contributed by atoms with Crippen LogP contribution in [0.15, 0.2) is 35.3 Å². The van der Waals surface area contributed by atoms with Crippen LogP contribution in [0.5, 0.6) is 0 Å². The van der Waals surface area contributed by atoms with Crippen molar-refractivity contribution in [3.05, 3.63) is 35.9 Å². The molecule has 2 aliphatic rings. The minimum Gasteiger partial charge on any atom is -0.357 e. The zero-order valence-electron chi connectivity index (χ0n) is 18.3. The van der Waals surface area contributed by atoms with E-state index in [0.717, 1.165) is 64.9 Å². The molecule has 2 atom stereocenters. The van der Waals surface area contributed by atoms with Gasteiger partial charge in [-0.05, 0) is 30.7 Å². The van der Waals surface area contributed by atoms with E-state index >= 15 is 0 Å². The molecular weight excluding hydrogens is 362 g/mol. The van der Waals surface area contributed by atoms with Gasteiger partial charge in [-0.1, -0.05) is 37.3 Å². The van der Waals surface area contributed by atoms with Gasteiger partial charge < -0.3 is 15.1 Å². The number of nitrogens with zero attached hydrogens (tertiary/aromatic N) is 4. The van der Waals surface area contributed by atoms with Crippen molar-refractivity contribution >= 4 is 11.9 Å². The summed E-state index contributed by atoms with van der Waals surface area (Å²) in [5.74, 6) is 2.47. The van der Waals surface area contributed by atoms with Crippen molar-refractivity contribution in [1.82, 2.24) is 20.0 Å². The number of hydrogen-bond donors (Lipinski definition) is 1. The van der Waals surface area contributed by atoms with Gasteiger partial charge in [0.2, 0.25) is 5.91 Å². The van der Waals surface area contributed by atoms with Crippen LogP contribution in [0.2, 0.25) is 0 Å². The lowest BCUT2D eigenvalue weighted by Crippen LogP contribution is -2.49. The summed E-state index contributed by atoms with van der Waals surface area (Å²) in [7, 11) is 0. The molecule has 2 fully saturated rings. The summed E-state index contributed by atoms with van der Waals surface area (Å²) in [4.78, 5) is 23.2. The fourth-order valence-electron chi connectivity index (χ4n) is 4.54. The molecule has 29 heavy (non-hydrogen) atoms. The molecule has 2 aliphatic heterocycles. The lowest BCUT2D eigenvalue weighted by atomic mass is 9.82. The van der Waals surface area contributed by atoms with E-state index < -0.39 is 0 Å². The van der Waals surface area contributed by atoms with E-state index in [0.29, 0.717) is 11.8 Å². The predicted octanol–water partition coefficient (Wildman–Crippen LogP) is 2.24. The Morgan fingerprint density at radius 3 is 2.45 bits per heavy atom. The van der Waals surface area contributed by atoms with Crippen LogP contribution in [0.3, 0.4) is 0 Å². The van der Waals surface area contributed by atoms with E-state index in [1.807, 2.05) is 4.90 Å². The molecule has 1 N–H and O–H groups in total. The van der Waals surface area contributed by atoms with Crippen LogP contribution in [0, 0.1) is 5.92 Å². The largest absolute Gasteiger partial charge is 0.357 e. The zero-order chi connectivity index (χ0) is 20.6. The quantitative estimate of drug-likeness (QED) is 0.609. The van der Waals surface area contributed by atoms with Crippen molar-refractivity contribution in [3.63, 3.8) is 0 Å². The van der Waals surface area contributed by atoms with Crippen molar-refractivity contribution in [2.24, 2.45) is 10.9 Å². The van der Waals surface area contributed by atoms with Crippen molar-refractivity contribution in [1.29, 1.82) is 0 Å². The molecule has 2 heterocycles. The Morgan fingerprint density at radius 1 is 1.10 bits per heavy atom. The second-order valence-corrected chi connectivity index (χ2v) is 8.31. The van der Waals surface area contributed by atoms with Crippen LogP contribution in [0.25, 0.3) is 0 Å². The molecule has 0 saturated carbocycles. The minimum atomic E-state index is 0.185. The molecule has 2 saturated heterocycles. The highest BCUT2D eigenvalue weighted by Gasteiger charge is 2.28. The van der Waals surface area contributed by atoms with Gasteiger partial charge in [0, 0.05) is 59.3 Å². The average molecular weight is 400 g/mol. The molecule has 1 aromatic rings. The molecule has 0 aliphatic carbocycles. The van der Waals surface area contributed by atoms with E-state index in [4.69, 9.17) is 4.99 Å². The number of benzene rings is 1. The van der Waals surface area contributed by atoms with Gasteiger partial charge in [-0.2, -0.15) is 0 Å². The number of piperazine rings is 1. The number of carbonyl (C=O) groups is 1. The number of carbonyl (C=O) groups excluding carboxylic acids is 1. The summed E-state index contributed by atoms with van der Waals surface area (Å²) in [5, 5.41) is 3.49. The van der Waals surface area contributed by atoms with Gasteiger partial charge in [0.05, 0.1) is 6.54 Å².